The monoisotopic (exact) mass is 381 g/mol. The number of nitrogens with one attached hydrogen (secondary N) is 1. The normalized spacial score (nSPS) is 12.1. The highest BCUT2D eigenvalue weighted by Gasteiger charge is 2.31. The number of aromatic amines is 1. The minimum Gasteiger partial charge on any atom is -0.465 e. The van der Waals surface area contributed by atoms with Crippen LogP contribution < -0.4 is 0 Å². The zero-order chi connectivity index (χ0) is 19.2. The van der Waals surface area contributed by atoms with Crippen molar-refractivity contribution in [2.75, 3.05) is 12.4 Å². The molecule has 1 atom stereocenters. The molecule has 1 aromatic heterocycles. The summed E-state index contributed by atoms with van der Waals surface area (Å²) in [5.41, 5.74) is 2.54. The van der Waals surface area contributed by atoms with E-state index in [9.17, 15) is 9.59 Å². The van der Waals surface area contributed by atoms with Crippen LogP contribution in [0.3, 0.4) is 0 Å². The van der Waals surface area contributed by atoms with Gasteiger partial charge in [0.15, 0.2) is 5.78 Å². The van der Waals surface area contributed by atoms with Crippen LogP contribution in [-0.2, 0) is 16.0 Å². The van der Waals surface area contributed by atoms with Crippen LogP contribution in [-0.4, -0.2) is 29.1 Å². The molecule has 0 aliphatic carbocycles. The Morgan fingerprint density at radius 2 is 1.74 bits per heavy atom. The Kier molecular flexibility index (Phi) is 6.35. The van der Waals surface area contributed by atoms with Gasteiger partial charge in [0.1, 0.15) is 5.92 Å². The lowest BCUT2D eigenvalue weighted by atomic mass is 9.91. The predicted molar refractivity (Wildman–Crippen MR) is 109 cm³/mol. The molecule has 1 N–H and O–H groups in total. The van der Waals surface area contributed by atoms with Crippen molar-refractivity contribution in [3.8, 4) is 0 Å². The first-order valence-corrected chi connectivity index (χ1v) is 10.1. The molecule has 27 heavy (non-hydrogen) atoms. The highest BCUT2D eigenvalue weighted by Crippen LogP contribution is 2.32. The predicted octanol–water partition coefficient (Wildman–Crippen LogP) is 4.88. The second-order valence-corrected chi connectivity index (χ2v) is 7.42. The number of benzene rings is 2. The van der Waals surface area contributed by atoms with Gasteiger partial charge in [0.05, 0.1) is 11.6 Å². The lowest BCUT2D eigenvalue weighted by Gasteiger charge is -2.15. The molecule has 140 valence electrons. The van der Waals surface area contributed by atoms with Crippen LogP contribution in [0.25, 0.3) is 10.9 Å². The van der Waals surface area contributed by atoms with Gasteiger partial charge in [-0.25, -0.2) is 0 Å². The van der Waals surface area contributed by atoms with Crippen LogP contribution in [0, 0.1) is 5.92 Å². The van der Waals surface area contributed by atoms with Crippen molar-refractivity contribution in [2.45, 2.75) is 25.3 Å². The Labute approximate surface area is 163 Å². The minimum absolute atomic E-state index is 0.202. The fourth-order valence-corrected chi connectivity index (χ4v) is 4.02. The summed E-state index contributed by atoms with van der Waals surface area (Å²) in [5.74, 6) is -0.630. The van der Waals surface area contributed by atoms with Crippen molar-refractivity contribution in [1.29, 1.82) is 0 Å². The van der Waals surface area contributed by atoms with Crippen molar-refractivity contribution < 1.29 is 14.3 Å². The number of esters is 1. The summed E-state index contributed by atoms with van der Waals surface area (Å²) in [6.07, 6.45) is 0.318. The second-order valence-electron chi connectivity index (χ2n) is 6.15. The average molecular weight is 381 g/mol. The molecule has 0 aliphatic rings. The summed E-state index contributed by atoms with van der Waals surface area (Å²) in [4.78, 5) is 29.1. The van der Waals surface area contributed by atoms with Crippen LogP contribution in [0.2, 0.25) is 0 Å². The fraction of sp³-hybridized carbons (Fsp3) is 0.273. The third-order valence-electron chi connectivity index (χ3n) is 4.42. The molecule has 3 rings (SSSR count). The molecule has 3 aromatic rings. The molecular formula is C22H23NO3S. The SMILES string of the molecule is CCOC(=O)C(Cc1c(SCC)[nH]c2ccccc12)C(=O)c1ccccc1. The number of carbonyl (C=O) groups excluding carboxylic acids is 2. The number of fused-ring (bicyclic) bond motifs is 1. The van der Waals surface area contributed by atoms with Crippen LogP contribution >= 0.6 is 11.8 Å². The zero-order valence-electron chi connectivity index (χ0n) is 15.5. The highest BCUT2D eigenvalue weighted by molar-refractivity contribution is 7.99. The van der Waals surface area contributed by atoms with Crippen LogP contribution in [0.5, 0.6) is 0 Å². The number of ketones is 1. The molecule has 0 amide bonds. The van der Waals surface area contributed by atoms with Crippen LogP contribution in [0.1, 0.15) is 29.8 Å². The van der Waals surface area contributed by atoms with Crippen molar-refractivity contribution in [2.24, 2.45) is 5.92 Å². The molecule has 0 aliphatic heterocycles. The number of carbonyl (C=O) groups is 2. The summed E-state index contributed by atoms with van der Waals surface area (Å²) in [7, 11) is 0. The summed E-state index contributed by atoms with van der Waals surface area (Å²) >= 11 is 1.68. The summed E-state index contributed by atoms with van der Waals surface area (Å²) in [5, 5.41) is 2.05. The lowest BCUT2D eigenvalue weighted by molar-refractivity contribution is -0.146. The minimum atomic E-state index is -0.859. The van der Waals surface area contributed by atoms with Gasteiger partial charge in [-0.2, -0.15) is 0 Å². The second kappa shape index (κ2) is 8.91. The maximum atomic E-state index is 13.1. The third kappa shape index (κ3) is 4.25. The number of H-pyrrole nitrogens is 1. The lowest BCUT2D eigenvalue weighted by Crippen LogP contribution is -2.28. The molecule has 0 saturated carbocycles. The summed E-state index contributed by atoms with van der Waals surface area (Å²) in [6.45, 7) is 4.09. The Morgan fingerprint density at radius 3 is 2.44 bits per heavy atom. The van der Waals surface area contributed by atoms with Gasteiger partial charge in [0, 0.05) is 16.5 Å². The number of rotatable bonds is 8. The highest BCUT2D eigenvalue weighted by atomic mass is 32.2. The Hall–Kier alpha value is -2.53. The standard InChI is InChI=1S/C22H23NO3S/c1-3-26-22(25)18(20(24)15-10-6-5-7-11-15)14-17-16-12-8-9-13-19(16)23-21(17)27-4-2/h5-13,18,23H,3-4,14H2,1-2H3. The molecule has 0 radical (unpaired) electrons. The van der Waals surface area contributed by atoms with E-state index in [1.165, 1.54) is 0 Å². The number of Topliss-reactive ketones (excluding diaryl/α,β-unsaturated/α-hetero) is 1. The van der Waals surface area contributed by atoms with Gasteiger partial charge >= 0.3 is 5.97 Å². The molecule has 4 nitrogen and oxygen atoms in total. The van der Waals surface area contributed by atoms with E-state index in [1.807, 2.05) is 30.3 Å². The molecule has 1 unspecified atom stereocenters. The molecule has 0 fully saturated rings. The molecule has 1 heterocycles. The quantitative estimate of drug-likeness (QED) is 0.261. The molecular weight excluding hydrogens is 358 g/mol. The van der Waals surface area contributed by atoms with Gasteiger partial charge in [-0.3, -0.25) is 9.59 Å². The topological polar surface area (TPSA) is 59.2 Å². The van der Waals surface area contributed by atoms with Gasteiger partial charge in [-0.05, 0) is 30.7 Å². The Balaban J connectivity index is 2.01. The van der Waals surface area contributed by atoms with Crippen molar-refractivity contribution in [1.82, 2.24) is 4.98 Å². The number of ether oxygens (including phenoxy) is 1. The number of hydrogen-bond acceptors (Lipinski definition) is 4. The van der Waals surface area contributed by atoms with E-state index in [4.69, 9.17) is 4.74 Å². The first kappa shape index (κ1) is 19.2. The van der Waals surface area contributed by atoms with Gasteiger partial charge in [-0.1, -0.05) is 55.5 Å². The first-order chi connectivity index (χ1) is 13.2. The van der Waals surface area contributed by atoms with Gasteiger partial charge in [-0.15, -0.1) is 11.8 Å². The molecule has 0 spiro atoms. The Morgan fingerprint density at radius 1 is 1.04 bits per heavy atom. The fourth-order valence-electron chi connectivity index (χ4n) is 3.18. The maximum Gasteiger partial charge on any atom is 0.317 e. The van der Waals surface area contributed by atoms with Crippen LogP contribution in [0.15, 0.2) is 59.6 Å². The number of thioether (sulfide) groups is 1. The van der Waals surface area contributed by atoms with Gasteiger partial charge in [0.25, 0.3) is 0 Å². The van der Waals surface area contributed by atoms with E-state index in [1.54, 1.807) is 43.0 Å². The third-order valence-corrected chi connectivity index (χ3v) is 5.34. The summed E-state index contributed by atoms with van der Waals surface area (Å²) < 4.78 is 5.23. The zero-order valence-corrected chi connectivity index (χ0v) is 16.3. The van der Waals surface area contributed by atoms with Crippen molar-refractivity contribution in [3.05, 3.63) is 65.7 Å². The van der Waals surface area contributed by atoms with Crippen molar-refractivity contribution in [3.63, 3.8) is 0 Å². The van der Waals surface area contributed by atoms with E-state index < -0.39 is 11.9 Å². The number of aromatic nitrogens is 1. The molecule has 0 bridgehead atoms. The summed E-state index contributed by atoms with van der Waals surface area (Å²) in [6, 6.07) is 16.9. The maximum absolute atomic E-state index is 13.1. The van der Waals surface area contributed by atoms with E-state index in [2.05, 4.69) is 11.9 Å². The number of para-hydroxylation sites is 1. The number of hydrogen-bond donors (Lipinski definition) is 1. The average Bonchev–Trinajstić information content (AvgIpc) is 3.04. The Bertz CT molecular complexity index is 933. The van der Waals surface area contributed by atoms with E-state index in [0.717, 1.165) is 27.2 Å². The first-order valence-electron chi connectivity index (χ1n) is 9.14. The smallest absolute Gasteiger partial charge is 0.317 e. The van der Waals surface area contributed by atoms with Crippen molar-refractivity contribution >= 4 is 34.4 Å². The van der Waals surface area contributed by atoms with Gasteiger partial charge in [0.2, 0.25) is 0 Å². The molecule has 2 aromatic carbocycles. The molecule has 5 heteroatoms. The molecule has 0 saturated heterocycles. The van der Waals surface area contributed by atoms with E-state index in [0.29, 0.717) is 12.0 Å². The van der Waals surface area contributed by atoms with Crippen LogP contribution in [0.4, 0.5) is 0 Å². The van der Waals surface area contributed by atoms with E-state index in [-0.39, 0.29) is 12.4 Å². The van der Waals surface area contributed by atoms with Gasteiger partial charge < -0.3 is 9.72 Å². The largest absolute Gasteiger partial charge is 0.465 e. The van der Waals surface area contributed by atoms with E-state index >= 15 is 0 Å².